The first kappa shape index (κ1) is 10.1. The molecule has 2 unspecified atom stereocenters. The Hall–Kier alpha value is -1.13. The minimum atomic E-state index is 0.689. The number of ether oxygens (including phenoxy) is 1. The first-order valence-corrected chi connectivity index (χ1v) is 5.82. The predicted molar refractivity (Wildman–Crippen MR) is 61.4 cm³/mol. The van der Waals surface area contributed by atoms with Crippen LogP contribution in [0.1, 0.15) is 12.0 Å². The predicted octanol–water partition coefficient (Wildman–Crippen LogP) is 0.636. The monoisotopic (exact) mass is 219 g/mol. The highest BCUT2D eigenvalue weighted by molar-refractivity contribution is 5.18. The van der Waals surface area contributed by atoms with Gasteiger partial charge in [0.15, 0.2) is 0 Å². The van der Waals surface area contributed by atoms with Crippen LogP contribution < -0.4 is 10.1 Å². The lowest BCUT2D eigenvalue weighted by Gasteiger charge is -2.53. The first-order chi connectivity index (χ1) is 7.86. The summed E-state index contributed by atoms with van der Waals surface area (Å²) in [5.74, 6) is 0.689. The molecule has 2 aliphatic heterocycles. The molecule has 0 radical (unpaired) electrons. The van der Waals surface area contributed by atoms with Crippen molar-refractivity contribution < 1.29 is 4.74 Å². The molecule has 1 N–H and O–H groups in total. The smallest absolute Gasteiger partial charge is 0.212 e. The summed E-state index contributed by atoms with van der Waals surface area (Å²) in [6, 6.07) is 5.51. The molecule has 2 saturated heterocycles. The van der Waals surface area contributed by atoms with Gasteiger partial charge in [0.1, 0.15) is 0 Å². The average Bonchev–Trinajstić information content (AvgIpc) is 2.37. The summed E-state index contributed by atoms with van der Waals surface area (Å²) in [7, 11) is 1.65. The second-order valence-electron chi connectivity index (χ2n) is 4.58. The van der Waals surface area contributed by atoms with Crippen molar-refractivity contribution in [2.75, 3.05) is 20.2 Å². The number of rotatable bonds is 3. The molecule has 1 aromatic heterocycles. The summed E-state index contributed by atoms with van der Waals surface area (Å²) < 4.78 is 5.05. The van der Waals surface area contributed by atoms with Crippen molar-refractivity contribution in [3.8, 4) is 5.88 Å². The highest BCUT2D eigenvalue weighted by Gasteiger charge is 2.40. The number of hydrogen-bond donors (Lipinski definition) is 1. The van der Waals surface area contributed by atoms with Gasteiger partial charge in [0.2, 0.25) is 5.88 Å². The molecule has 16 heavy (non-hydrogen) atoms. The third-order valence-electron chi connectivity index (χ3n) is 3.61. The van der Waals surface area contributed by atoms with Gasteiger partial charge in [-0.05, 0) is 12.0 Å². The number of nitrogens with zero attached hydrogens (tertiary/aromatic N) is 2. The van der Waals surface area contributed by atoms with Crippen molar-refractivity contribution >= 4 is 0 Å². The van der Waals surface area contributed by atoms with Gasteiger partial charge >= 0.3 is 0 Å². The third kappa shape index (κ3) is 1.68. The van der Waals surface area contributed by atoms with Crippen molar-refractivity contribution in [1.29, 1.82) is 0 Å². The lowest BCUT2D eigenvalue weighted by Crippen LogP contribution is -2.67. The van der Waals surface area contributed by atoms with Crippen molar-refractivity contribution in [1.82, 2.24) is 15.2 Å². The van der Waals surface area contributed by atoms with E-state index in [0.717, 1.165) is 31.7 Å². The zero-order valence-electron chi connectivity index (χ0n) is 9.52. The van der Waals surface area contributed by atoms with Crippen LogP contribution in [0, 0.1) is 0 Å². The Morgan fingerprint density at radius 1 is 1.44 bits per heavy atom. The minimum absolute atomic E-state index is 0.689. The van der Waals surface area contributed by atoms with Gasteiger partial charge in [-0.3, -0.25) is 4.90 Å². The molecule has 4 heteroatoms. The van der Waals surface area contributed by atoms with E-state index in [1.54, 1.807) is 7.11 Å². The van der Waals surface area contributed by atoms with Crippen LogP contribution >= 0.6 is 0 Å². The van der Waals surface area contributed by atoms with Gasteiger partial charge in [0, 0.05) is 44.0 Å². The second-order valence-corrected chi connectivity index (χ2v) is 4.58. The molecule has 0 saturated carbocycles. The van der Waals surface area contributed by atoms with Crippen LogP contribution in [0.2, 0.25) is 0 Å². The zero-order valence-corrected chi connectivity index (χ0v) is 9.52. The Bertz CT molecular complexity index is 351. The topological polar surface area (TPSA) is 37.4 Å². The van der Waals surface area contributed by atoms with E-state index in [0.29, 0.717) is 5.88 Å². The van der Waals surface area contributed by atoms with E-state index < -0.39 is 0 Å². The number of aromatic nitrogens is 1. The summed E-state index contributed by atoms with van der Waals surface area (Å²) in [5, 5.41) is 3.44. The van der Waals surface area contributed by atoms with Gasteiger partial charge < -0.3 is 10.1 Å². The van der Waals surface area contributed by atoms with Crippen LogP contribution in [0.5, 0.6) is 5.88 Å². The SMILES string of the molecule is COc1ccc(CN2C3CNCC2C3)cn1. The summed E-state index contributed by atoms with van der Waals surface area (Å²) >= 11 is 0. The Balaban J connectivity index is 1.65. The normalized spacial score (nSPS) is 28.6. The molecule has 0 aromatic carbocycles. The molecule has 4 nitrogen and oxygen atoms in total. The van der Waals surface area contributed by atoms with Gasteiger partial charge in [0.05, 0.1) is 7.11 Å². The van der Waals surface area contributed by atoms with Crippen LogP contribution in [-0.4, -0.2) is 42.2 Å². The van der Waals surface area contributed by atoms with Crippen molar-refractivity contribution in [2.45, 2.75) is 25.0 Å². The van der Waals surface area contributed by atoms with Crippen molar-refractivity contribution in [3.63, 3.8) is 0 Å². The first-order valence-electron chi connectivity index (χ1n) is 5.82. The van der Waals surface area contributed by atoms with Crippen LogP contribution in [-0.2, 0) is 6.54 Å². The average molecular weight is 219 g/mol. The molecule has 1 aromatic rings. The van der Waals surface area contributed by atoms with E-state index in [4.69, 9.17) is 4.74 Å². The summed E-state index contributed by atoms with van der Waals surface area (Å²) in [4.78, 5) is 6.81. The molecule has 3 rings (SSSR count). The van der Waals surface area contributed by atoms with Gasteiger partial charge in [-0.2, -0.15) is 0 Å². The molecule has 0 aliphatic carbocycles. The maximum atomic E-state index is 5.05. The molecule has 0 amide bonds. The molecule has 3 heterocycles. The van der Waals surface area contributed by atoms with Crippen LogP contribution in [0.4, 0.5) is 0 Å². The van der Waals surface area contributed by atoms with Crippen LogP contribution in [0.25, 0.3) is 0 Å². The van der Waals surface area contributed by atoms with E-state index in [1.807, 2.05) is 12.3 Å². The molecule has 2 aliphatic rings. The number of piperazine rings is 1. The minimum Gasteiger partial charge on any atom is -0.481 e. The summed E-state index contributed by atoms with van der Waals surface area (Å²) in [5.41, 5.74) is 1.28. The van der Waals surface area contributed by atoms with E-state index in [2.05, 4.69) is 21.3 Å². The fourth-order valence-corrected chi connectivity index (χ4v) is 2.66. The Morgan fingerprint density at radius 3 is 2.81 bits per heavy atom. The Labute approximate surface area is 95.6 Å². The zero-order chi connectivity index (χ0) is 11.0. The Kier molecular flexibility index (Phi) is 2.53. The molecule has 2 atom stereocenters. The Morgan fingerprint density at radius 2 is 2.25 bits per heavy atom. The number of methoxy groups -OCH3 is 1. The summed E-state index contributed by atoms with van der Waals surface area (Å²) in [6.45, 7) is 3.30. The van der Waals surface area contributed by atoms with Gasteiger partial charge in [-0.25, -0.2) is 4.98 Å². The molecular weight excluding hydrogens is 202 g/mol. The number of hydrogen-bond acceptors (Lipinski definition) is 4. The standard InChI is InChI=1S/C12H17N3O/c1-16-12-3-2-9(5-14-12)8-15-10-4-11(15)7-13-6-10/h2-3,5,10-11,13H,4,6-8H2,1H3. The van der Waals surface area contributed by atoms with Crippen LogP contribution in [0.3, 0.4) is 0 Å². The van der Waals surface area contributed by atoms with Gasteiger partial charge in [0.25, 0.3) is 0 Å². The number of piperidine rings is 1. The van der Waals surface area contributed by atoms with E-state index in [1.165, 1.54) is 12.0 Å². The molecule has 86 valence electrons. The second kappa shape index (κ2) is 4.03. The molecule has 2 bridgehead atoms. The quantitative estimate of drug-likeness (QED) is 0.809. The third-order valence-corrected chi connectivity index (χ3v) is 3.61. The maximum absolute atomic E-state index is 5.05. The highest BCUT2D eigenvalue weighted by Crippen LogP contribution is 2.30. The van der Waals surface area contributed by atoms with Crippen molar-refractivity contribution in [3.05, 3.63) is 23.9 Å². The molecule has 2 fully saturated rings. The lowest BCUT2D eigenvalue weighted by atomic mass is 9.88. The van der Waals surface area contributed by atoms with E-state index >= 15 is 0 Å². The fourth-order valence-electron chi connectivity index (χ4n) is 2.66. The highest BCUT2D eigenvalue weighted by atomic mass is 16.5. The fraction of sp³-hybridized carbons (Fsp3) is 0.583. The number of nitrogens with one attached hydrogen (secondary N) is 1. The van der Waals surface area contributed by atoms with Gasteiger partial charge in [-0.15, -0.1) is 0 Å². The number of pyridine rings is 1. The van der Waals surface area contributed by atoms with Crippen molar-refractivity contribution in [2.24, 2.45) is 0 Å². The molecule has 0 spiro atoms. The lowest BCUT2D eigenvalue weighted by molar-refractivity contribution is -0.0207. The van der Waals surface area contributed by atoms with E-state index in [-0.39, 0.29) is 0 Å². The maximum Gasteiger partial charge on any atom is 0.212 e. The summed E-state index contributed by atoms with van der Waals surface area (Å²) in [6.07, 6.45) is 3.27. The molecular formula is C12H17N3O. The van der Waals surface area contributed by atoms with Crippen LogP contribution in [0.15, 0.2) is 18.3 Å². The van der Waals surface area contributed by atoms with E-state index in [9.17, 15) is 0 Å². The van der Waals surface area contributed by atoms with Gasteiger partial charge in [-0.1, -0.05) is 6.07 Å². The number of fused-ring (bicyclic) bond motifs is 2. The largest absolute Gasteiger partial charge is 0.481 e.